The van der Waals surface area contributed by atoms with Crippen LogP contribution in [0.1, 0.15) is 18.3 Å². The molecule has 0 radical (unpaired) electrons. The topological polar surface area (TPSA) is 67.6 Å². The van der Waals surface area contributed by atoms with Gasteiger partial charge in [-0.25, -0.2) is 9.97 Å². The molecular weight excluding hydrogens is 316 g/mol. The van der Waals surface area contributed by atoms with Crippen LogP contribution < -0.4 is 10.2 Å². The van der Waals surface area contributed by atoms with Crippen LogP contribution in [-0.2, 0) is 17.7 Å². The number of fused-ring (bicyclic) bond motifs is 1. The molecule has 130 valence electrons. The first-order chi connectivity index (χ1) is 12.3. The second-order valence-corrected chi connectivity index (χ2v) is 6.05. The fourth-order valence-electron chi connectivity index (χ4n) is 2.91. The van der Waals surface area contributed by atoms with Gasteiger partial charge in [0.25, 0.3) is 0 Å². The summed E-state index contributed by atoms with van der Waals surface area (Å²) in [6.07, 6.45) is 4.91. The molecule has 0 aromatic carbocycles. The van der Waals surface area contributed by atoms with E-state index in [1.165, 1.54) is 0 Å². The van der Waals surface area contributed by atoms with Crippen LogP contribution in [0.25, 0.3) is 5.65 Å². The Morgan fingerprint density at radius 1 is 1.12 bits per heavy atom. The number of anilines is 2. The quantitative estimate of drug-likeness (QED) is 0.769. The van der Waals surface area contributed by atoms with Crippen LogP contribution >= 0.6 is 0 Å². The molecule has 0 aliphatic carbocycles. The average molecular weight is 338 g/mol. The van der Waals surface area contributed by atoms with E-state index in [2.05, 4.69) is 32.1 Å². The van der Waals surface area contributed by atoms with Gasteiger partial charge in [-0.05, 0) is 18.6 Å². The molecule has 0 bridgehead atoms. The minimum Gasteiger partial charge on any atom is -0.378 e. The van der Waals surface area contributed by atoms with Crippen molar-refractivity contribution in [2.45, 2.75) is 19.9 Å². The lowest BCUT2D eigenvalue weighted by molar-refractivity contribution is 0.122. The van der Waals surface area contributed by atoms with Gasteiger partial charge in [0.05, 0.1) is 25.5 Å². The molecule has 1 aliphatic heterocycles. The molecule has 7 heteroatoms. The summed E-state index contributed by atoms with van der Waals surface area (Å²) in [7, 11) is 0. The largest absolute Gasteiger partial charge is 0.378 e. The predicted octanol–water partition coefficient (Wildman–Crippen LogP) is 2.14. The van der Waals surface area contributed by atoms with Crippen LogP contribution in [0.15, 0.2) is 36.7 Å². The summed E-state index contributed by atoms with van der Waals surface area (Å²) in [6, 6.07) is 8.00. The molecule has 25 heavy (non-hydrogen) atoms. The number of aryl methyl sites for hydroxylation is 1. The number of imidazole rings is 1. The first-order valence-corrected chi connectivity index (χ1v) is 8.69. The molecule has 1 saturated heterocycles. The van der Waals surface area contributed by atoms with Gasteiger partial charge in [0.2, 0.25) is 5.95 Å². The molecule has 3 aromatic heterocycles. The van der Waals surface area contributed by atoms with E-state index >= 15 is 0 Å². The molecule has 1 fully saturated rings. The summed E-state index contributed by atoms with van der Waals surface area (Å²) >= 11 is 0. The second kappa shape index (κ2) is 7.06. The Morgan fingerprint density at radius 3 is 2.80 bits per heavy atom. The molecular formula is C18H22N6O. The number of rotatable bonds is 5. The van der Waals surface area contributed by atoms with E-state index in [-0.39, 0.29) is 0 Å². The lowest BCUT2D eigenvalue weighted by Gasteiger charge is -2.27. The van der Waals surface area contributed by atoms with Crippen molar-refractivity contribution in [3.8, 4) is 0 Å². The molecule has 1 N–H and O–H groups in total. The Balaban J connectivity index is 1.52. The third-order valence-corrected chi connectivity index (χ3v) is 4.29. The maximum absolute atomic E-state index is 5.42. The summed E-state index contributed by atoms with van der Waals surface area (Å²) in [5.74, 6) is 1.62. The van der Waals surface area contributed by atoms with Gasteiger partial charge in [0, 0.05) is 37.2 Å². The van der Waals surface area contributed by atoms with E-state index in [0.717, 1.165) is 61.5 Å². The summed E-state index contributed by atoms with van der Waals surface area (Å²) < 4.78 is 7.44. The number of ether oxygens (including phenoxy) is 1. The van der Waals surface area contributed by atoms with Crippen LogP contribution in [0, 0.1) is 0 Å². The van der Waals surface area contributed by atoms with Gasteiger partial charge in [-0.3, -0.25) is 0 Å². The van der Waals surface area contributed by atoms with Gasteiger partial charge in [-0.2, -0.15) is 4.98 Å². The predicted molar refractivity (Wildman–Crippen MR) is 97.0 cm³/mol. The lowest BCUT2D eigenvalue weighted by atomic mass is 10.3. The minimum absolute atomic E-state index is 0.629. The molecule has 0 atom stereocenters. The highest BCUT2D eigenvalue weighted by molar-refractivity contribution is 5.45. The lowest BCUT2D eigenvalue weighted by Crippen LogP contribution is -2.37. The van der Waals surface area contributed by atoms with E-state index in [4.69, 9.17) is 4.74 Å². The van der Waals surface area contributed by atoms with Crippen LogP contribution in [-0.4, -0.2) is 45.7 Å². The molecule has 1 aliphatic rings. The van der Waals surface area contributed by atoms with Crippen molar-refractivity contribution in [2.75, 3.05) is 36.5 Å². The zero-order valence-electron chi connectivity index (χ0n) is 14.4. The highest BCUT2D eigenvalue weighted by Gasteiger charge is 2.15. The molecule has 3 aromatic rings. The van der Waals surface area contributed by atoms with Crippen LogP contribution in [0.3, 0.4) is 0 Å². The fraction of sp³-hybridized carbons (Fsp3) is 0.389. The van der Waals surface area contributed by atoms with Gasteiger partial charge in [-0.1, -0.05) is 13.0 Å². The molecule has 7 nitrogen and oxygen atoms in total. The van der Waals surface area contributed by atoms with Crippen molar-refractivity contribution in [1.29, 1.82) is 0 Å². The van der Waals surface area contributed by atoms with E-state index in [9.17, 15) is 0 Å². The maximum atomic E-state index is 5.42. The van der Waals surface area contributed by atoms with Gasteiger partial charge >= 0.3 is 0 Å². The monoisotopic (exact) mass is 338 g/mol. The van der Waals surface area contributed by atoms with Gasteiger partial charge in [0.1, 0.15) is 11.5 Å². The number of nitrogens with zero attached hydrogens (tertiary/aromatic N) is 5. The first-order valence-electron chi connectivity index (χ1n) is 8.69. The Morgan fingerprint density at radius 2 is 2.00 bits per heavy atom. The summed E-state index contributed by atoms with van der Waals surface area (Å²) in [4.78, 5) is 16.1. The molecule has 0 amide bonds. The maximum Gasteiger partial charge on any atom is 0.227 e. The van der Waals surface area contributed by atoms with Crippen LogP contribution in [0.5, 0.6) is 0 Å². The third-order valence-electron chi connectivity index (χ3n) is 4.29. The minimum atomic E-state index is 0.629. The Bertz CT molecular complexity index is 823. The van der Waals surface area contributed by atoms with E-state index in [0.29, 0.717) is 6.54 Å². The standard InChI is InChI=1S/C18H22N6O/c1-2-14-11-16(22-18(21-14)23-7-9-25-10-8-23)19-12-15-13-24-6-4-3-5-17(24)20-15/h3-6,11,13H,2,7-10,12H2,1H3,(H,19,21,22). The van der Waals surface area contributed by atoms with E-state index in [1.54, 1.807) is 0 Å². The molecule has 0 saturated carbocycles. The summed E-state index contributed by atoms with van der Waals surface area (Å²) in [6.45, 7) is 5.85. The van der Waals surface area contributed by atoms with Crippen molar-refractivity contribution in [2.24, 2.45) is 0 Å². The number of aromatic nitrogens is 4. The van der Waals surface area contributed by atoms with Gasteiger partial charge < -0.3 is 19.4 Å². The summed E-state index contributed by atoms with van der Waals surface area (Å²) in [5, 5.41) is 3.39. The first kappa shape index (κ1) is 15.8. The van der Waals surface area contributed by atoms with Crippen LogP contribution in [0.2, 0.25) is 0 Å². The summed E-state index contributed by atoms with van der Waals surface area (Å²) in [5.41, 5.74) is 2.97. The van der Waals surface area contributed by atoms with E-state index in [1.807, 2.05) is 41.1 Å². The van der Waals surface area contributed by atoms with Crippen molar-refractivity contribution in [3.05, 3.63) is 48.0 Å². The normalized spacial score (nSPS) is 14.8. The Kier molecular flexibility index (Phi) is 4.47. The number of nitrogens with one attached hydrogen (secondary N) is 1. The highest BCUT2D eigenvalue weighted by Crippen LogP contribution is 2.17. The fourth-order valence-corrected chi connectivity index (χ4v) is 2.91. The molecule has 4 rings (SSSR count). The second-order valence-electron chi connectivity index (χ2n) is 6.05. The smallest absolute Gasteiger partial charge is 0.227 e. The highest BCUT2D eigenvalue weighted by atomic mass is 16.5. The van der Waals surface area contributed by atoms with Crippen LogP contribution in [0.4, 0.5) is 11.8 Å². The van der Waals surface area contributed by atoms with Crippen molar-refractivity contribution in [3.63, 3.8) is 0 Å². The Labute approximate surface area is 146 Å². The zero-order chi connectivity index (χ0) is 17.1. The van der Waals surface area contributed by atoms with E-state index < -0.39 is 0 Å². The number of hydrogen-bond acceptors (Lipinski definition) is 6. The zero-order valence-corrected chi connectivity index (χ0v) is 14.4. The third kappa shape index (κ3) is 3.56. The molecule has 4 heterocycles. The Hall–Kier alpha value is -2.67. The van der Waals surface area contributed by atoms with Crippen molar-refractivity contribution >= 4 is 17.4 Å². The number of pyridine rings is 1. The number of hydrogen-bond donors (Lipinski definition) is 1. The van der Waals surface area contributed by atoms with Gasteiger partial charge in [-0.15, -0.1) is 0 Å². The van der Waals surface area contributed by atoms with Crippen molar-refractivity contribution in [1.82, 2.24) is 19.4 Å². The molecule has 0 unspecified atom stereocenters. The molecule has 0 spiro atoms. The average Bonchev–Trinajstić information content (AvgIpc) is 3.10. The van der Waals surface area contributed by atoms with Gasteiger partial charge in [0.15, 0.2) is 0 Å². The SMILES string of the molecule is CCc1cc(NCc2cn3ccccc3n2)nc(N2CCOCC2)n1. The van der Waals surface area contributed by atoms with Crippen molar-refractivity contribution < 1.29 is 4.74 Å². The number of morpholine rings is 1.